The van der Waals surface area contributed by atoms with Gasteiger partial charge in [0.15, 0.2) is 0 Å². The molecule has 3 N–H and O–H groups in total. The van der Waals surface area contributed by atoms with E-state index in [9.17, 15) is 4.79 Å². The summed E-state index contributed by atoms with van der Waals surface area (Å²) < 4.78 is 0. The van der Waals surface area contributed by atoms with Crippen LogP contribution in [-0.2, 0) is 4.79 Å². The van der Waals surface area contributed by atoms with Crippen molar-refractivity contribution < 1.29 is 4.79 Å². The Morgan fingerprint density at radius 2 is 2.05 bits per heavy atom. The fraction of sp³-hybridized carbons (Fsp3) is 0.933. The van der Waals surface area contributed by atoms with Gasteiger partial charge >= 0.3 is 0 Å². The Morgan fingerprint density at radius 3 is 2.47 bits per heavy atom. The van der Waals surface area contributed by atoms with E-state index in [2.05, 4.69) is 31.0 Å². The van der Waals surface area contributed by atoms with Crippen LogP contribution in [0.15, 0.2) is 0 Å². The van der Waals surface area contributed by atoms with E-state index in [0.29, 0.717) is 6.04 Å². The standard InChI is InChI=1S/C15H31N3O/c1-5-9-17-15(4,14(16)19)11-12(3)18(10-6-2)13-7-8-13/h12-13,17H,5-11H2,1-4H3,(H2,16,19). The lowest BCUT2D eigenvalue weighted by molar-refractivity contribution is -0.124. The van der Waals surface area contributed by atoms with Gasteiger partial charge in [-0.25, -0.2) is 0 Å². The molecule has 1 amide bonds. The normalized spacial score (nSPS) is 20.3. The van der Waals surface area contributed by atoms with Crippen molar-refractivity contribution >= 4 is 5.91 Å². The minimum atomic E-state index is -0.587. The second-order valence-corrected chi connectivity index (χ2v) is 6.15. The van der Waals surface area contributed by atoms with Gasteiger partial charge in [-0.15, -0.1) is 0 Å². The van der Waals surface area contributed by atoms with E-state index in [1.54, 1.807) is 0 Å². The summed E-state index contributed by atoms with van der Waals surface area (Å²) in [6, 6.07) is 1.13. The minimum absolute atomic E-state index is 0.236. The first-order chi connectivity index (χ1) is 8.94. The molecule has 0 heterocycles. The van der Waals surface area contributed by atoms with Crippen LogP contribution in [0.5, 0.6) is 0 Å². The molecule has 4 heteroatoms. The second-order valence-electron chi connectivity index (χ2n) is 6.15. The zero-order valence-corrected chi connectivity index (χ0v) is 13.0. The molecular formula is C15H31N3O. The lowest BCUT2D eigenvalue weighted by Crippen LogP contribution is -2.56. The van der Waals surface area contributed by atoms with Crippen molar-refractivity contribution in [2.75, 3.05) is 13.1 Å². The SMILES string of the molecule is CCCNC(C)(CC(C)N(CCC)C1CC1)C(N)=O. The third-order valence-corrected chi connectivity index (χ3v) is 4.08. The van der Waals surface area contributed by atoms with E-state index >= 15 is 0 Å². The maximum Gasteiger partial charge on any atom is 0.237 e. The van der Waals surface area contributed by atoms with Gasteiger partial charge in [0.2, 0.25) is 5.91 Å². The summed E-state index contributed by atoms with van der Waals surface area (Å²) >= 11 is 0. The van der Waals surface area contributed by atoms with Crippen LogP contribution in [0.2, 0.25) is 0 Å². The van der Waals surface area contributed by atoms with Crippen LogP contribution in [0.1, 0.15) is 59.8 Å². The summed E-state index contributed by atoms with van der Waals surface area (Å²) in [6.45, 7) is 10.4. The van der Waals surface area contributed by atoms with Gasteiger partial charge in [0.25, 0.3) is 0 Å². The molecule has 0 radical (unpaired) electrons. The van der Waals surface area contributed by atoms with E-state index in [4.69, 9.17) is 5.73 Å². The molecule has 2 atom stereocenters. The van der Waals surface area contributed by atoms with Crippen LogP contribution in [0.25, 0.3) is 0 Å². The third kappa shape index (κ3) is 4.77. The highest BCUT2D eigenvalue weighted by Crippen LogP contribution is 2.31. The van der Waals surface area contributed by atoms with Crippen LogP contribution in [-0.4, -0.2) is 41.5 Å². The summed E-state index contributed by atoms with van der Waals surface area (Å²) in [4.78, 5) is 14.3. The maximum atomic E-state index is 11.8. The Bertz CT molecular complexity index is 291. The zero-order chi connectivity index (χ0) is 14.5. The van der Waals surface area contributed by atoms with Gasteiger partial charge in [0, 0.05) is 12.1 Å². The molecule has 0 aromatic carbocycles. The van der Waals surface area contributed by atoms with Gasteiger partial charge in [-0.3, -0.25) is 9.69 Å². The molecule has 0 spiro atoms. The molecule has 2 unspecified atom stereocenters. The molecule has 0 aliphatic heterocycles. The summed E-state index contributed by atoms with van der Waals surface area (Å²) in [6.07, 6.45) is 5.58. The number of nitrogens with one attached hydrogen (secondary N) is 1. The summed E-state index contributed by atoms with van der Waals surface area (Å²) in [7, 11) is 0. The van der Waals surface area contributed by atoms with Gasteiger partial charge in [-0.1, -0.05) is 13.8 Å². The molecule has 112 valence electrons. The fourth-order valence-corrected chi connectivity index (χ4v) is 2.80. The first kappa shape index (κ1) is 16.4. The zero-order valence-electron chi connectivity index (χ0n) is 13.0. The maximum absolute atomic E-state index is 11.8. The third-order valence-electron chi connectivity index (χ3n) is 4.08. The van der Waals surface area contributed by atoms with Crippen molar-refractivity contribution in [2.45, 2.75) is 77.4 Å². The van der Waals surface area contributed by atoms with Crippen LogP contribution < -0.4 is 11.1 Å². The first-order valence-corrected chi connectivity index (χ1v) is 7.75. The fourth-order valence-electron chi connectivity index (χ4n) is 2.80. The molecule has 19 heavy (non-hydrogen) atoms. The lowest BCUT2D eigenvalue weighted by Gasteiger charge is -2.36. The number of primary amides is 1. The molecule has 1 rings (SSSR count). The Hall–Kier alpha value is -0.610. The number of rotatable bonds is 10. The van der Waals surface area contributed by atoms with Gasteiger partial charge in [-0.2, -0.15) is 0 Å². The Morgan fingerprint density at radius 1 is 1.42 bits per heavy atom. The van der Waals surface area contributed by atoms with Crippen LogP contribution >= 0.6 is 0 Å². The largest absolute Gasteiger partial charge is 0.368 e. The topological polar surface area (TPSA) is 58.4 Å². The quantitative estimate of drug-likeness (QED) is 0.636. The monoisotopic (exact) mass is 269 g/mol. The molecule has 0 saturated heterocycles. The Labute approximate surface area is 118 Å². The number of carbonyl (C=O) groups excluding carboxylic acids is 1. The highest BCUT2D eigenvalue weighted by Gasteiger charge is 2.37. The van der Waals surface area contributed by atoms with Crippen molar-refractivity contribution in [3.05, 3.63) is 0 Å². The number of nitrogens with two attached hydrogens (primary N) is 1. The Kier molecular flexibility index (Phi) is 6.27. The predicted molar refractivity (Wildman–Crippen MR) is 80.0 cm³/mol. The number of carbonyl (C=O) groups is 1. The molecule has 1 saturated carbocycles. The minimum Gasteiger partial charge on any atom is -0.368 e. The Balaban J connectivity index is 2.63. The molecule has 1 fully saturated rings. The van der Waals surface area contributed by atoms with Crippen molar-refractivity contribution in [1.29, 1.82) is 0 Å². The number of amides is 1. The molecule has 0 bridgehead atoms. The number of nitrogens with zero attached hydrogens (tertiary/aromatic N) is 1. The molecule has 1 aliphatic rings. The molecular weight excluding hydrogens is 238 g/mol. The predicted octanol–water partition coefficient (Wildman–Crippen LogP) is 1.88. The van der Waals surface area contributed by atoms with E-state index in [-0.39, 0.29) is 5.91 Å². The highest BCUT2D eigenvalue weighted by atomic mass is 16.1. The average Bonchev–Trinajstić information content (AvgIpc) is 3.17. The van der Waals surface area contributed by atoms with Crippen molar-refractivity contribution in [3.8, 4) is 0 Å². The first-order valence-electron chi connectivity index (χ1n) is 7.75. The van der Waals surface area contributed by atoms with Crippen LogP contribution in [0.4, 0.5) is 0 Å². The van der Waals surface area contributed by atoms with Gasteiger partial charge in [0.1, 0.15) is 0 Å². The van der Waals surface area contributed by atoms with Gasteiger partial charge in [-0.05, 0) is 59.0 Å². The van der Waals surface area contributed by atoms with Crippen LogP contribution in [0, 0.1) is 0 Å². The van der Waals surface area contributed by atoms with E-state index in [1.807, 2.05) is 6.92 Å². The number of hydrogen-bond donors (Lipinski definition) is 2. The smallest absolute Gasteiger partial charge is 0.237 e. The second kappa shape index (κ2) is 7.25. The lowest BCUT2D eigenvalue weighted by atomic mass is 9.91. The van der Waals surface area contributed by atoms with E-state index in [0.717, 1.165) is 38.4 Å². The molecule has 0 aromatic rings. The highest BCUT2D eigenvalue weighted by molar-refractivity contribution is 5.84. The van der Waals surface area contributed by atoms with Gasteiger partial charge in [0.05, 0.1) is 5.54 Å². The van der Waals surface area contributed by atoms with E-state index in [1.165, 1.54) is 12.8 Å². The summed E-state index contributed by atoms with van der Waals surface area (Å²) in [5, 5.41) is 3.33. The number of hydrogen-bond acceptors (Lipinski definition) is 3. The average molecular weight is 269 g/mol. The molecule has 4 nitrogen and oxygen atoms in total. The van der Waals surface area contributed by atoms with Crippen molar-refractivity contribution in [3.63, 3.8) is 0 Å². The van der Waals surface area contributed by atoms with Crippen molar-refractivity contribution in [2.24, 2.45) is 5.73 Å². The summed E-state index contributed by atoms with van der Waals surface area (Å²) in [5.41, 5.74) is 5.02. The van der Waals surface area contributed by atoms with Crippen LogP contribution in [0.3, 0.4) is 0 Å². The van der Waals surface area contributed by atoms with Gasteiger partial charge < -0.3 is 11.1 Å². The van der Waals surface area contributed by atoms with E-state index < -0.39 is 5.54 Å². The molecule has 0 aromatic heterocycles. The molecule has 1 aliphatic carbocycles. The summed E-state index contributed by atoms with van der Waals surface area (Å²) in [5.74, 6) is -0.236. The van der Waals surface area contributed by atoms with Crippen molar-refractivity contribution in [1.82, 2.24) is 10.2 Å².